The Hall–Kier alpha value is -0.110. The molecule has 50 valence electrons. The van der Waals surface area contributed by atoms with Gasteiger partial charge in [0.1, 0.15) is 0 Å². The van der Waals surface area contributed by atoms with Crippen LogP contribution in [0.15, 0.2) is 0 Å². The smallest absolute Gasteiger partial charge is 0.0495 e. The van der Waals surface area contributed by atoms with Crippen LogP contribution in [0.2, 0.25) is 0 Å². The van der Waals surface area contributed by atoms with E-state index in [1.807, 2.05) is 0 Å². The molecule has 0 aromatic rings. The predicted molar refractivity (Wildman–Crippen MR) is 31.7 cm³/mol. The Bertz CT molecular complexity index is 50.5. The highest BCUT2D eigenvalue weighted by atomic mass is 19.0. The molecule has 0 spiro atoms. The quantitative estimate of drug-likeness (QED) is 0.510. The molecule has 0 bridgehead atoms. The van der Waals surface area contributed by atoms with Crippen LogP contribution in [0.3, 0.4) is 0 Å². The fourth-order valence-electron chi connectivity index (χ4n) is 0.905. The first-order valence-corrected chi connectivity index (χ1v) is 3.01. The number of rotatable bonds is 1. The summed E-state index contributed by atoms with van der Waals surface area (Å²) in [6.45, 7) is 4.23. The zero-order chi connectivity index (χ0) is 5.11. The molecule has 1 aliphatic heterocycles. The molecule has 1 atom stereocenters. The van der Waals surface area contributed by atoms with Crippen molar-refractivity contribution in [1.82, 2.24) is 0 Å². The number of ether oxygens (including phenoxy) is 1. The van der Waals surface area contributed by atoms with E-state index in [2.05, 4.69) is 6.92 Å². The van der Waals surface area contributed by atoms with Gasteiger partial charge in [0.05, 0.1) is 0 Å². The Kier molecular flexibility index (Phi) is 3.79. The monoisotopic (exact) mass is 120 g/mol. The van der Waals surface area contributed by atoms with Crippen LogP contribution in [0, 0.1) is 5.92 Å². The summed E-state index contributed by atoms with van der Waals surface area (Å²) >= 11 is 0. The SMILES string of the molecule is CC[C@H]1CCOC1.F. The molecule has 1 fully saturated rings. The van der Waals surface area contributed by atoms with E-state index in [1.54, 1.807) is 0 Å². The average molecular weight is 120 g/mol. The summed E-state index contributed by atoms with van der Waals surface area (Å²) in [4.78, 5) is 0. The van der Waals surface area contributed by atoms with Gasteiger partial charge in [-0.25, -0.2) is 0 Å². The summed E-state index contributed by atoms with van der Waals surface area (Å²) in [5.74, 6) is 0.875. The zero-order valence-corrected chi connectivity index (χ0v) is 5.22. The van der Waals surface area contributed by atoms with Gasteiger partial charge in [-0.3, -0.25) is 4.70 Å². The van der Waals surface area contributed by atoms with E-state index in [0.29, 0.717) is 0 Å². The van der Waals surface area contributed by atoms with Gasteiger partial charge in [0.15, 0.2) is 0 Å². The van der Waals surface area contributed by atoms with Crippen molar-refractivity contribution in [3.63, 3.8) is 0 Å². The Morgan fingerprint density at radius 1 is 1.62 bits per heavy atom. The first kappa shape index (κ1) is 7.89. The highest BCUT2D eigenvalue weighted by molar-refractivity contribution is 4.60. The Morgan fingerprint density at radius 2 is 2.38 bits per heavy atom. The van der Waals surface area contributed by atoms with Gasteiger partial charge in [0, 0.05) is 13.2 Å². The van der Waals surface area contributed by atoms with Crippen molar-refractivity contribution in [2.24, 2.45) is 5.92 Å². The topological polar surface area (TPSA) is 9.23 Å². The average Bonchev–Trinajstić information content (AvgIpc) is 2.14. The minimum absolute atomic E-state index is 0. The van der Waals surface area contributed by atoms with Crippen LogP contribution in [0.1, 0.15) is 19.8 Å². The predicted octanol–water partition coefficient (Wildman–Crippen LogP) is 1.59. The lowest BCUT2D eigenvalue weighted by Gasteiger charge is -1.97. The van der Waals surface area contributed by atoms with E-state index in [0.717, 1.165) is 19.1 Å². The van der Waals surface area contributed by atoms with Gasteiger partial charge in [0.2, 0.25) is 0 Å². The summed E-state index contributed by atoms with van der Waals surface area (Å²) in [7, 11) is 0. The number of hydrogen-bond acceptors (Lipinski definition) is 1. The van der Waals surface area contributed by atoms with Gasteiger partial charge in [-0.1, -0.05) is 13.3 Å². The van der Waals surface area contributed by atoms with Crippen molar-refractivity contribution < 1.29 is 9.44 Å². The molecule has 1 saturated heterocycles. The molecule has 0 aromatic heterocycles. The second kappa shape index (κ2) is 3.84. The molecular weight excluding hydrogens is 107 g/mol. The fraction of sp³-hybridized carbons (Fsp3) is 1.00. The van der Waals surface area contributed by atoms with Crippen LogP contribution in [0.5, 0.6) is 0 Å². The van der Waals surface area contributed by atoms with Gasteiger partial charge in [-0.05, 0) is 12.3 Å². The van der Waals surface area contributed by atoms with E-state index in [-0.39, 0.29) is 4.70 Å². The van der Waals surface area contributed by atoms with Crippen LogP contribution >= 0.6 is 0 Å². The second-order valence-electron chi connectivity index (χ2n) is 2.14. The lowest BCUT2D eigenvalue weighted by molar-refractivity contribution is 0.185. The third-order valence-electron chi connectivity index (χ3n) is 1.60. The molecular formula is C6H13FO. The van der Waals surface area contributed by atoms with Crippen molar-refractivity contribution in [3.8, 4) is 0 Å². The van der Waals surface area contributed by atoms with Gasteiger partial charge in [-0.15, -0.1) is 0 Å². The molecule has 2 heteroatoms. The molecule has 0 saturated carbocycles. The third kappa shape index (κ3) is 1.78. The van der Waals surface area contributed by atoms with Crippen molar-refractivity contribution in [2.75, 3.05) is 13.2 Å². The Labute approximate surface area is 49.4 Å². The molecule has 8 heavy (non-hydrogen) atoms. The zero-order valence-electron chi connectivity index (χ0n) is 5.22. The van der Waals surface area contributed by atoms with E-state index in [4.69, 9.17) is 4.74 Å². The fourth-order valence-corrected chi connectivity index (χ4v) is 0.905. The molecule has 0 unspecified atom stereocenters. The van der Waals surface area contributed by atoms with Gasteiger partial charge in [0.25, 0.3) is 0 Å². The first-order valence-electron chi connectivity index (χ1n) is 3.01. The van der Waals surface area contributed by atoms with Gasteiger partial charge < -0.3 is 4.74 Å². The van der Waals surface area contributed by atoms with Gasteiger partial charge >= 0.3 is 0 Å². The highest BCUT2D eigenvalue weighted by Gasteiger charge is 2.11. The van der Waals surface area contributed by atoms with Crippen molar-refractivity contribution in [2.45, 2.75) is 19.8 Å². The summed E-state index contributed by atoms with van der Waals surface area (Å²) in [5, 5.41) is 0. The molecule has 0 radical (unpaired) electrons. The summed E-state index contributed by atoms with van der Waals surface area (Å²) in [6.07, 6.45) is 2.58. The first-order chi connectivity index (χ1) is 3.43. The second-order valence-corrected chi connectivity index (χ2v) is 2.14. The van der Waals surface area contributed by atoms with E-state index in [1.165, 1.54) is 12.8 Å². The lowest BCUT2D eigenvalue weighted by atomic mass is 10.1. The summed E-state index contributed by atoms with van der Waals surface area (Å²) in [5.41, 5.74) is 0. The molecule has 1 aliphatic rings. The Balaban J connectivity index is 0.000000490. The molecule has 1 nitrogen and oxygen atoms in total. The third-order valence-corrected chi connectivity index (χ3v) is 1.60. The normalized spacial score (nSPS) is 27.4. The largest absolute Gasteiger partial charge is 0.381 e. The maximum atomic E-state index is 5.15. The highest BCUT2D eigenvalue weighted by Crippen LogP contribution is 2.14. The van der Waals surface area contributed by atoms with Crippen LogP contribution in [0.4, 0.5) is 4.70 Å². The van der Waals surface area contributed by atoms with Gasteiger partial charge in [-0.2, -0.15) is 0 Å². The van der Waals surface area contributed by atoms with Crippen LogP contribution < -0.4 is 0 Å². The van der Waals surface area contributed by atoms with Crippen LogP contribution in [-0.4, -0.2) is 13.2 Å². The van der Waals surface area contributed by atoms with Crippen LogP contribution in [-0.2, 0) is 4.74 Å². The van der Waals surface area contributed by atoms with Crippen molar-refractivity contribution in [1.29, 1.82) is 0 Å². The minimum Gasteiger partial charge on any atom is -0.381 e. The number of halogens is 1. The molecule has 1 heterocycles. The molecule has 1 rings (SSSR count). The molecule has 0 N–H and O–H groups in total. The minimum atomic E-state index is 0. The summed E-state index contributed by atoms with van der Waals surface area (Å²) in [6, 6.07) is 0. The maximum Gasteiger partial charge on any atom is 0.0495 e. The standard InChI is InChI=1S/C6H12O.FH/c1-2-6-3-4-7-5-6;/h6H,2-5H2,1H3;1H/t6-;/m0./s1. The molecule has 0 aliphatic carbocycles. The van der Waals surface area contributed by atoms with Crippen molar-refractivity contribution >= 4 is 0 Å². The lowest BCUT2D eigenvalue weighted by Crippen LogP contribution is -1.94. The van der Waals surface area contributed by atoms with E-state index in [9.17, 15) is 0 Å². The van der Waals surface area contributed by atoms with E-state index >= 15 is 0 Å². The van der Waals surface area contributed by atoms with Crippen LogP contribution in [0.25, 0.3) is 0 Å². The molecule has 0 aromatic carbocycles. The number of hydrogen-bond donors (Lipinski definition) is 0. The summed E-state index contributed by atoms with van der Waals surface area (Å²) < 4.78 is 5.15. The maximum absolute atomic E-state index is 5.15. The Morgan fingerprint density at radius 3 is 2.62 bits per heavy atom. The van der Waals surface area contributed by atoms with Crippen molar-refractivity contribution in [3.05, 3.63) is 0 Å². The van der Waals surface area contributed by atoms with E-state index < -0.39 is 0 Å². The molecule has 0 amide bonds.